The van der Waals surface area contributed by atoms with Crippen LogP contribution in [0.1, 0.15) is 37.4 Å². The fraction of sp³-hybridized carbons (Fsp3) is 0.308. The van der Waals surface area contributed by atoms with Crippen molar-refractivity contribution < 1.29 is 4.39 Å². The summed E-state index contributed by atoms with van der Waals surface area (Å²) in [5.74, 6) is 2.34. The van der Waals surface area contributed by atoms with E-state index in [2.05, 4.69) is 30.0 Å². The van der Waals surface area contributed by atoms with E-state index in [0.717, 1.165) is 23.0 Å². The first-order valence-corrected chi connectivity index (χ1v) is 5.32. The minimum atomic E-state index is -0.360. The van der Waals surface area contributed by atoms with Gasteiger partial charge in [-0.1, -0.05) is 19.8 Å². The number of halogens is 1. The normalized spacial score (nSPS) is 12.6. The molecule has 0 aliphatic carbocycles. The van der Waals surface area contributed by atoms with Gasteiger partial charge in [-0.15, -0.1) is 6.42 Å². The van der Waals surface area contributed by atoms with Crippen LogP contribution in [-0.2, 0) is 0 Å². The highest BCUT2D eigenvalue weighted by molar-refractivity contribution is 5.88. The second kappa shape index (κ2) is 3.97. The van der Waals surface area contributed by atoms with Crippen LogP contribution in [0.3, 0.4) is 0 Å². The molecule has 82 valence electrons. The van der Waals surface area contributed by atoms with E-state index in [-0.39, 0.29) is 5.82 Å². The predicted octanol–water partition coefficient (Wildman–Crippen LogP) is 3.20. The van der Waals surface area contributed by atoms with Crippen molar-refractivity contribution >= 4 is 10.9 Å². The molecule has 0 bridgehead atoms. The quantitative estimate of drug-likeness (QED) is 0.767. The average Bonchev–Trinajstić information content (AvgIpc) is 2.72. The Kier molecular flexibility index (Phi) is 2.66. The number of aromatic amines is 1. The number of nitrogens with one attached hydrogen (secondary N) is 1. The first-order valence-electron chi connectivity index (χ1n) is 5.32. The van der Waals surface area contributed by atoms with E-state index in [0.29, 0.717) is 11.5 Å². The molecular formula is C13H13FN2. The van der Waals surface area contributed by atoms with Crippen molar-refractivity contribution in [2.75, 3.05) is 0 Å². The molecule has 1 aromatic heterocycles. The number of terminal acetylenes is 1. The third-order valence-corrected chi connectivity index (χ3v) is 2.95. The van der Waals surface area contributed by atoms with Gasteiger partial charge in [-0.3, -0.25) is 5.10 Å². The molecule has 0 fully saturated rings. The lowest BCUT2D eigenvalue weighted by Crippen LogP contribution is -1.94. The van der Waals surface area contributed by atoms with Crippen molar-refractivity contribution in [2.45, 2.75) is 26.2 Å². The molecule has 0 aliphatic heterocycles. The molecule has 1 atom stereocenters. The third kappa shape index (κ3) is 1.47. The third-order valence-electron chi connectivity index (χ3n) is 2.95. The van der Waals surface area contributed by atoms with Crippen LogP contribution in [0.15, 0.2) is 12.1 Å². The molecule has 0 saturated carbocycles. The Hall–Kier alpha value is -1.82. The molecule has 3 heteroatoms. The SMILES string of the molecule is C#Cc1c(F)ccc2n[nH]c([C@@H](C)CC)c12. The second-order valence-electron chi connectivity index (χ2n) is 3.91. The van der Waals surface area contributed by atoms with Gasteiger partial charge in [0, 0.05) is 11.1 Å². The van der Waals surface area contributed by atoms with Crippen LogP contribution < -0.4 is 0 Å². The maximum atomic E-state index is 13.6. The van der Waals surface area contributed by atoms with E-state index in [1.54, 1.807) is 6.07 Å². The number of benzene rings is 1. The Morgan fingerprint density at radius 1 is 1.56 bits per heavy atom. The van der Waals surface area contributed by atoms with E-state index < -0.39 is 0 Å². The summed E-state index contributed by atoms with van der Waals surface area (Å²) in [7, 11) is 0. The summed E-state index contributed by atoms with van der Waals surface area (Å²) in [5.41, 5.74) is 1.95. The Morgan fingerprint density at radius 3 is 2.94 bits per heavy atom. The first-order chi connectivity index (χ1) is 7.69. The highest BCUT2D eigenvalue weighted by Crippen LogP contribution is 2.28. The molecule has 1 aromatic carbocycles. The van der Waals surface area contributed by atoms with Gasteiger partial charge in [0.05, 0.1) is 11.1 Å². The van der Waals surface area contributed by atoms with Gasteiger partial charge in [-0.2, -0.15) is 5.10 Å². The van der Waals surface area contributed by atoms with Gasteiger partial charge in [-0.05, 0) is 24.5 Å². The Labute approximate surface area is 93.9 Å². The molecule has 0 radical (unpaired) electrons. The lowest BCUT2D eigenvalue weighted by Gasteiger charge is -2.07. The van der Waals surface area contributed by atoms with Crippen molar-refractivity contribution in [3.8, 4) is 12.3 Å². The topological polar surface area (TPSA) is 28.7 Å². The number of hydrogen-bond donors (Lipinski definition) is 1. The number of aromatic nitrogens is 2. The Balaban J connectivity index is 2.79. The lowest BCUT2D eigenvalue weighted by molar-refractivity contribution is 0.626. The maximum Gasteiger partial charge on any atom is 0.139 e. The molecule has 0 aliphatic rings. The molecular weight excluding hydrogens is 203 g/mol. The van der Waals surface area contributed by atoms with Gasteiger partial charge in [0.1, 0.15) is 5.82 Å². The Morgan fingerprint density at radius 2 is 2.31 bits per heavy atom. The molecule has 0 saturated heterocycles. The van der Waals surface area contributed by atoms with Crippen LogP contribution in [0.5, 0.6) is 0 Å². The van der Waals surface area contributed by atoms with E-state index >= 15 is 0 Å². The summed E-state index contributed by atoms with van der Waals surface area (Å²) in [6.45, 7) is 4.14. The van der Waals surface area contributed by atoms with Crippen molar-refractivity contribution in [1.82, 2.24) is 10.2 Å². The zero-order valence-corrected chi connectivity index (χ0v) is 9.34. The molecule has 1 heterocycles. The van der Waals surface area contributed by atoms with Crippen LogP contribution in [0.25, 0.3) is 10.9 Å². The minimum Gasteiger partial charge on any atom is -0.281 e. The predicted molar refractivity (Wildman–Crippen MR) is 62.7 cm³/mol. The van der Waals surface area contributed by atoms with Crippen LogP contribution >= 0.6 is 0 Å². The molecule has 16 heavy (non-hydrogen) atoms. The van der Waals surface area contributed by atoms with Crippen LogP contribution in [0.2, 0.25) is 0 Å². The van der Waals surface area contributed by atoms with Crippen LogP contribution in [0, 0.1) is 18.2 Å². The van der Waals surface area contributed by atoms with Crippen LogP contribution in [0.4, 0.5) is 4.39 Å². The zero-order chi connectivity index (χ0) is 11.7. The van der Waals surface area contributed by atoms with Gasteiger partial charge in [0.15, 0.2) is 0 Å². The maximum absolute atomic E-state index is 13.6. The van der Waals surface area contributed by atoms with Crippen LogP contribution in [-0.4, -0.2) is 10.2 Å². The molecule has 2 aromatic rings. The van der Waals surface area contributed by atoms with Gasteiger partial charge < -0.3 is 0 Å². The van der Waals surface area contributed by atoms with Crippen molar-refractivity contribution in [3.63, 3.8) is 0 Å². The fourth-order valence-corrected chi connectivity index (χ4v) is 1.81. The zero-order valence-electron chi connectivity index (χ0n) is 9.34. The lowest BCUT2D eigenvalue weighted by atomic mass is 9.98. The molecule has 1 N–H and O–H groups in total. The van der Waals surface area contributed by atoms with E-state index in [1.807, 2.05) is 0 Å². The monoisotopic (exact) mass is 216 g/mol. The summed E-state index contributed by atoms with van der Waals surface area (Å²) < 4.78 is 13.6. The Bertz CT molecular complexity index is 563. The molecule has 0 unspecified atom stereocenters. The summed E-state index contributed by atoms with van der Waals surface area (Å²) >= 11 is 0. The molecule has 0 spiro atoms. The molecule has 2 nitrogen and oxygen atoms in total. The first kappa shape index (κ1) is 10.7. The van der Waals surface area contributed by atoms with E-state index in [4.69, 9.17) is 6.42 Å². The van der Waals surface area contributed by atoms with E-state index in [9.17, 15) is 4.39 Å². The van der Waals surface area contributed by atoms with Crippen molar-refractivity contribution in [3.05, 3.63) is 29.2 Å². The number of nitrogens with zero attached hydrogens (tertiary/aromatic N) is 1. The summed E-state index contributed by atoms with van der Waals surface area (Å²) in [6.07, 6.45) is 6.31. The van der Waals surface area contributed by atoms with Gasteiger partial charge >= 0.3 is 0 Å². The average molecular weight is 216 g/mol. The van der Waals surface area contributed by atoms with Gasteiger partial charge in [-0.25, -0.2) is 4.39 Å². The van der Waals surface area contributed by atoms with E-state index in [1.165, 1.54) is 6.07 Å². The van der Waals surface area contributed by atoms with Crippen molar-refractivity contribution in [2.24, 2.45) is 0 Å². The number of H-pyrrole nitrogens is 1. The second-order valence-corrected chi connectivity index (χ2v) is 3.91. The molecule has 0 amide bonds. The highest BCUT2D eigenvalue weighted by Gasteiger charge is 2.16. The van der Waals surface area contributed by atoms with Gasteiger partial charge in [0.25, 0.3) is 0 Å². The minimum absolute atomic E-state index is 0.291. The van der Waals surface area contributed by atoms with Gasteiger partial charge in [0.2, 0.25) is 0 Å². The largest absolute Gasteiger partial charge is 0.281 e. The standard InChI is InChI=1S/C13H13FN2/c1-4-8(3)13-12-9(5-2)10(14)6-7-11(12)15-16-13/h2,6-8H,4H2,1,3H3,(H,15,16)/t8-/m0/s1. The number of rotatable bonds is 2. The van der Waals surface area contributed by atoms with Crippen molar-refractivity contribution in [1.29, 1.82) is 0 Å². The summed E-state index contributed by atoms with van der Waals surface area (Å²) in [6, 6.07) is 3.01. The summed E-state index contributed by atoms with van der Waals surface area (Å²) in [5, 5.41) is 7.85. The summed E-state index contributed by atoms with van der Waals surface area (Å²) in [4.78, 5) is 0. The number of fused-ring (bicyclic) bond motifs is 1. The smallest absolute Gasteiger partial charge is 0.139 e. The number of hydrogen-bond acceptors (Lipinski definition) is 1. The molecule has 2 rings (SSSR count). The fourth-order valence-electron chi connectivity index (χ4n) is 1.81. The highest BCUT2D eigenvalue weighted by atomic mass is 19.1.